The minimum absolute atomic E-state index is 0. The van der Waals surface area contributed by atoms with E-state index in [2.05, 4.69) is 11.8 Å². The molecule has 0 spiro atoms. The number of nitro groups is 3. The molecule has 14 nitrogen and oxygen atoms in total. The van der Waals surface area contributed by atoms with Crippen LogP contribution in [0.2, 0.25) is 0 Å². The van der Waals surface area contributed by atoms with Gasteiger partial charge in [0.05, 0.1) is 70.9 Å². The zero-order valence-electron chi connectivity index (χ0n) is 26.0. The van der Waals surface area contributed by atoms with E-state index in [9.17, 15) is 35.1 Å². The Balaban J connectivity index is 0.000000992. The molecule has 0 aromatic heterocycles. The molecule has 0 heterocycles. The molecule has 3 aliphatic rings. The van der Waals surface area contributed by atoms with E-state index in [1.165, 1.54) is 6.08 Å². The minimum atomic E-state index is -0.998. The zero-order valence-corrected chi connectivity index (χ0v) is 27.1. The summed E-state index contributed by atoms with van der Waals surface area (Å²) in [6.07, 6.45) is 18.4. The third-order valence-electron chi connectivity index (χ3n) is 6.81. The Labute approximate surface area is 294 Å². The molecule has 0 saturated heterocycles. The van der Waals surface area contributed by atoms with E-state index in [1.807, 2.05) is 32.1 Å². The number of hydrogen-bond acceptors (Lipinski definition) is 11. The summed E-state index contributed by atoms with van der Waals surface area (Å²) < 4.78 is 20.8. The number of non-ortho nitro benzene ring substituents is 2. The number of nitrogens with zero attached hydrogens (tertiary/aromatic N) is 3. The third kappa shape index (κ3) is 10.6. The van der Waals surface area contributed by atoms with E-state index in [4.69, 9.17) is 18.9 Å². The predicted molar refractivity (Wildman–Crippen MR) is 172 cm³/mol. The van der Waals surface area contributed by atoms with Gasteiger partial charge in [0.2, 0.25) is 0 Å². The Morgan fingerprint density at radius 1 is 0.714 bits per heavy atom. The smallest absolute Gasteiger partial charge is 0.460 e. The molecule has 0 bridgehead atoms. The fourth-order valence-electron chi connectivity index (χ4n) is 4.72. The quantitative estimate of drug-likeness (QED) is 0.0575. The van der Waals surface area contributed by atoms with Crippen molar-refractivity contribution in [1.29, 1.82) is 0 Å². The van der Waals surface area contributed by atoms with Crippen LogP contribution in [-0.2, 0) is 36.0 Å². The van der Waals surface area contributed by atoms with Crippen molar-refractivity contribution in [2.24, 2.45) is 0 Å². The molecule has 49 heavy (non-hydrogen) atoms. The Morgan fingerprint density at radius 2 is 1.24 bits per heavy atom. The summed E-state index contributed by atoms with van der Waals surface area (Å²) in [4.78, 5) is 46.5. The molecule has 2 saturated carbocycles. The average Bonchev–Trinajstić information content (AvgIpc) is 3.87. The fourth-order valence-corrected chi connectivity index (χ4v) is 4.72. The van der Waals surface area contributed by atoms with Gasteiger partial charge in [-0.2, -0.15) is 0 Å². The van der Waals surface area contributed by atoms with Gasteiger partial charge in [0.25, 0.3) is 17.1 Å². The molecular formula is C34H29FeN3O11+2. The van der Waals surface area contributed by atoms with Gasteiger partial charge in [0.15, 0.2) is 0 Å². The van der Waals surface area contributed by atoms with E-state index in [1.54, 1.807) is 32.8 Å². The molecule has 252 valence electrons. The summed E-state index contributed by atoms with van der Waals surface area (Å²) in [6, 6.07) is 3.99. The van der Waals surface area contributed by atoms with E-state index < -0.39 is 37.8 Å². The van der Waals surface area contributed by atoms with E-state index in [0.29, 0.717) is 19.1 Å². The molecule has 2 aromatic carbocycles. The molecule has 2 aromatic rings. The summed E-state index contributed by atoms with van der Waals surface area (Å²) >= 11 is 0. The number of methoxy groups -OCH3 is 1. The molecule has 2 fully saturated rings. The number of esters is 1. The number of rotatable bonds is 13. The van der Waals surface area contributed by atoms with E-state index >= 15 is 0 Å². The van der Waals surface area contributed by atoms with Gasteiger partial charge in [-0.15, -0.1) is 0 Å². The van der Waals surface area contributed by atoms with Gasteiger partial charge in [-0.25, -0.2) is 4.79 Å². The van der Waals surface area contributed by atoms with Crippen molar-refractivity contribution in [1.82, 2.24) is 0 Å². The van der Waals surface area contributed by atoms with Crippen molar-refractivity contribution in [2.75, 3.05) is 46.8 Å². The molecule has 0 aliphatic heterocycles. The normalized spacial score (nSPS) is 15.2. The molecule has 0 unspecified atom stereocenters. The largest absolute Gasteiger partial charge is 2.00 e. The van der Waals surface area contributed by atoms with E-state index in [0.717, 1.165) is 24.3 Å². The molecule has 10 radical (unpaired) electrons. The summed E-state index contributed by atoms with van der Waals surface area (Å²) in [5.41, 5.74) is -1.94. The fraction of sp³-hybridized carbons (Fsp3) is 0.206. The van der Waals surface area contributed by atoms with Crippen molar-refractivity contribution < 1.29 is 55.6 Å². The summed E-state index contributed by atoms with van der Waals surface area (Å²) in [5, 5.41) is 35.6. The third-order valence-corrected chi connectivity index (χ3v) is 6.81. The van der Waals surface area contributed by atoms with Crippen LogP contribution in [0, 0.1) is 106 Å². The Morgan fingerprint density at radius 3 is 1.80 bits per heavy atom. The summed E-state index contributed by atoms with van der Waals surface area (Å²) in [6.45, 7) is 1.08. The van der Waals surface area contributed by atoms with Crippen LogP contribution < -0.4 is 0 Å². The van der Waals surface area contributed by atoms with Crippen LogP contribution in [0.3, 0.4) is 0 Å². The minimum Gasteiger partial charge on any atom is -0.460 e. The predicted octanol–water partition coefficient (Wildman–Crippen LogP) is 5.09. The number of nitro benzene ring substituents is 3. The number of benzene rings is 2. The topological polar surface area (TPSA) is 183 Å². The summed E-state index contributed by atoms with van der Waals surface area (Å²) in [5.74, 6) is 5.34. The molecule has 0 N–H and O–H groups in total. The maximum Gasteiger partial charge on any atom is 2.00 e. The molecule has 3 aliphatic carbocycles. The molecule has 0 atom stereocenters. The molecular weight excluding hydrogens is 682 g/mol. The molecule has 15 heteroatoms. The number of ether oxygens (including phenoxy) is 4. The summed E-state index contributed by atoms with van der Waals surface area (Å²) in [7, 11) is 1.54. The van der Waals surface area contributed by atoms with Gasteiger partial charge in [-0.05, 0) is 75.0 Å². The van der Waals surface area contributed by atoms with Crippen LogP contribution in [-0.4, -0.2) is 67.5 Å². The van der Waals surface area contributed by atoms with Gasteiger partial charge in [0.1, 0.15) is 6.61 Å². The number of allylic oxidation sites excluding steroid dienone is 1. The van der Waals surface area contributed by atoms with Crippen LogP contribution in [0.15, 0.2) is 30.3 Å². The maximum absolute atomic E-state index is 13.3. The van der Waals surface area contributed by atoms with Gasteiger partial charge in [-0.3, -0.25) is 30.3 Å². The monoisotopic (exact) mass is 711 g/mol. The average molecular weight is 711 g/mol. The second-order valence-corrected chi connectivity index (χ2v) is 9.89. The number of carbonyl (C=O) groups excluding carboxylic acids is 1. The Bertz CT molecular complexity index is 1600. The van der Waals surface area contributed by atoms with Gasteiger partial charge in [0, 0.05) is 36.4 Å². The van der Waals surface area contributed by atoms with Gasteiger partial charge >= 0.3 is 23.0 Å². The number of fused-ring (bicyclic) bond motifs is 3. The van der Waals surface area contributed by atoms with Crippen molar-refractivity contribution in [2.45, 2.75) is 0 Å². The first-order valence-electron chi connectivity index (χ1n) is 14.4. The van der Waals surface area contributed by atoms with Gasteiger partial charge in [-0.1, -0.05) is 11.8 Å². The first-order valence-corrected chi connectivity index (χ1v) is 14.4. The Hall–Kier alpha value is -4.19. The van der Waals surface area contributed by atoms with Gasteiger partial charge < -0.3 is 18.9 Å². The Kier molecular flexibility index (Phi) is 15.8. The van der Waals surface area contributed by atoms with Crippen molar-refractivity contribution in [3.05, 3.63) is 141 Å². The maximum atomic E-state index is 13.3. The number of hydrogen-bond donors (Lipinski definition) is 0. The first-order chi connectivity index (χ1) is 23.2. The van der Waals surface area contributed by atoms with Crippen LogP contribution >= 0.6 is 0 Å². The first kappa shape index (κ1) is 39.2. The second kappa shape index (κ2) is 19.7. The van der Waals surface area contributed by atoms with Crippen LogP contribution in [0.4, 0.5) is 17.1 Å². The van der Waals surface area contributed by atoms with Crippen molar-refractivity contribution in [3.8, 4) is 23.0 Å². The second-order valence-electron chi connectivity index (χ2n) is 9.89. The van der Waals surface area contributed by atoms with E-state index in [-0.39, 0.29) is 76.9 Å². The van der Waals surface area contributed by atoms with Crippen LogP contribution in [0.1, 0.15) is 21.5 Å². The SMILES string of the molecule is COCCOCCOCCOC(=O)c1cc([N+](=O)[O-])cc2c1-c1c(cc([N+](=O)[O-])cc1[N+](=O)[O-])/C2=C\C#C[C]1[CH][CH][CH][CH]1.[CH]1[CH][CH][CH][CH]1.[Fe+2]. The zero-order chi connectivity index (χ0) is 34.5. The molecule has 5 rings (SSSR count). The molecule has 0 amide bonds. The standard InChI is InChI=1S/C29H24N3O11.C5H5.Fe/c1-40-9-10-41-11-12-42-13-14-43-29(33)25-17-20(30(34)35)15-23-22(8-4-7-19-5-2-3-6-19)24-16-21(31(36)37)18-26(32(38)39)28(24)27(23)25;1-2-4-5-3-1;/h2-3,5-6,8,15-18H,9-14H2,1H3;1-5H;/q;;+2/b22-8-;;. The van der Waals surface area contributed by atoms with Crippen LogP contribution in [0.5, 0.6) is 0 Å². The number of carbonyl (C=O) groups is 1. The van der Waals surface area contributed by atoms with Crippen molar-refractivity contribution >= 4 is 28.6 Å². The van der Waals surface area contributed by atoms with Crippen LogP contribution in [0.25, 0.3) is 16.7 Å². The van der Waals surface area contributed by atoms with Crippen molar-refractivity contribution in [3.63, 3.8) is 0 Å².